The Bertz CT molecular complexity index is 333. The fraction of sp³-hybridized carbons (Fsp3) is 0.882. The van der Waals surface area contributed by atoms with E-state index in [1.807, 2.05) is 13.8 Å². The zero-order valence-electron chi connectivity index (χ0n) is 15.4. The Labute approximate surface area is 144 Å². The molecule has 0 rings (SSSR count). The summed E-state index contributed by atoms with van der Waals surface area (Å²) in [6, 6.07) is 0. The van der Waals surface area contributed by atoms with Gasteiger partial charge in [0.2, 0.25) is 0 Å². The molecule has 142 valence electrons. The molecule has 0 radical (unpaired) electrons. The van der Waals surface area contributed by atoms with Crippen LogP contribution in [0, 0.1) is 11.8 Å². The van der Waals surface area contributed by atoms with E-state index in [1.54, 1.807) is 14.0 Å². The Hall–Kier alpha value is -1.18. The summed E-state index contributed by atoms with van der Waals surface area (Å²) in [5.74, 6) is -1.31. The van der Waals surface area contributed by atoms with E-state index in [4.69, 9.17) is 23.7 Å². The van der Waals surface area contributed by atoms with Gasteiger partial charge in [0.1, 0.15) is 13.2 Å². The maximum absolute atomic E-state index is 12.1. The van der Waals surface area contributed by atoms with Crippen molar-refractivity contribution < 1.29 is 33.3 Å². The van der Waals surface area contributed by atoms with Crippen LogP contribution in [-0.4, -0.2) is 65.3 Å². The van der Waals surface area contributed by atoms with Crippen LogP contribution in [0.1, 0.15) is 33.6 Å². The van der Waals surface area contributed by atoms with Crippen molar-refractivity contribution in [1.82, 2.24) is 0 Å². The lowest BCUT2D eigenvalue weighted by atomic mass is 9.94. The van der Waals surface area contributed by atoms with Gasteiger partial charge in [0, 0.05) is 13.7 Å². The first-order valence-electron chi connectivity index (χ1n) is 8.54. The Balaban J connectivity index is 3.96. The van der Waals surface area contributed by atoms with Crippen LogP contribution in [-0.2, 0) is 33.3 Å². The van der Waals surface area contributed by atoms with Crippen molar-refractivity contribution in [3.63, 3.8) is 0 Å². The molecule has 0 amide bonds. The van der Waals surface area contributed by atoms with Crippen molar-refractivity contribution >= 4 is 11.9 Å². The van der Waals surface area contributed by atoms with Gasteiger partial charge in [0.05, 0.1) is 38.3 Å². The second kappa shape index (κ2) is 15.4. The summed E-state index contributed by atoms with van der Waals surface area (Å²) >= 11 is 0. The van der Waals surface area contributed by atoms with E-state index in [9.17, 15) is 9.59 Å². The van der Waals surface area contributed by atoms with Gasteiger partial charge >= 0.3 is 11.9 Å². The van der Waals surface area contributed by atoms with Crippen molar-refractivity contribution in [2.75, 3.05) is 53.4 Å². The van der Waals surface area contributed by atoms with Crippen molar-refractivity contribution in [3.05, 3.63) is 0 Å². The number of hydrogen-bond donors (Lipinski definition) is 0. The van der Waals surface area contributed by atoms with E-state index < -0.39 is 0 Å². The molecular weight excluding hydrogens is 316 g/mol. The molecule has 0 saturated carbocycles. The van der Waals surface area contributed by atoms with E-state index in [2.05, 4.69) is 0 Å². The zero-order valence-corrected chi connectivity index (χ0v) is 15.4. The highest BCUT2D eigenvalue weighted by Gasteiger charge is 2.25. The topological polar surface area (TPSA) is 80.3 Å². The molecule has 0 N–H and O–H groups in total. The van der Waals surface area contributed by atoms with Crippen LogP contribution >= 0.6 is 0 Å². The molecule has 24 heavy (non-hydrogen) atoms. The molecule has 0 heterocycles. The lowest BCUT2D eigenvalue weighted by molar-refractivity contribution is -0.154. The second-order valence-electron chi connectivity index (χ2n) is 5.38. The number of carbonyl (C=O) groups is 2. The zero-order chi connectivity index (χ0) is 18.2. The van der Waals surface area contributed by atoms with Gasteiger partial charge in [-0.3, -0.25) is 9.59 Å². The largest absolute Gasteiger partial charge is 0.463 e. The first kappa shape index (κ1) is 22.8. The van der Waals surface area contributed by atoms with Gasteiger partial charge in [-0.05, 0) is 19.8 Å². The molecule has 2 unspecified atom stereocenters. The smallest absolute Gasteiger partial charge is 0.309 e. The van der Waals surface area contributed by atoms with Crippen molar-refractivity contribution in [1.29, 1.82) is 0 Å². The van der Waals surface area contributed by atoms with Crippen LogP contribution < -0.4 is 0 Å². The van der Waals surface area contributed by atoms with Crippen LogP contribution in [0.4, 0.5) is 0 Å². The van der Waals surface area contributed by atoms with Gasteiger partial charge in [-0.1, -0.05) is 13.8 Å². The molecule has 0 aromatic rings. The van der Waals surface area contributed by atoms with Crippen LogP contribution in [0.25, 0.3) is 0 Å². The normalized spacial score (nSPS) is 13.3. The van der Waals surface area contributed by atoms with E-state index in [1.165, 1.54) is 0 Å². The van der Waals surface area contributed by atoms with E-state index in [0.29, 0.717) is 45.9 Å². The summed E-state index contributed by atoms with van der Waals surface area (Å²) < 4.78 is 25.5. The highest BCUT2D eigenvalue weighted by atomic mass is 16.6. The summed E-state index contributed by atoms with van der Waals surface area (Å²) in [4.78, 5) is 23.9. The first-order valence-corrected chi connectivity index (χ1v) is 8.54. The molecule has 0 aliphatic heterocycles. The average molecular weight is 348 g/mol. The fourth-order valence-electron chi connectivity index (χ4n) is 2.00. The minimum Gasteiger partial charge on any atom is -0.463 e. The quantitative estimate of drug-likeness (QED) is 0.330. The van der Waals surface area contributed by atoms with Gasteiger partial charge in [-0.25, -0.2) is 0 Å². The second-order valence-corrected chi connectivity index (χ2v) is 5.38. The molecule has 0 aromatic carbocycles. The molecule has 0 aromatic heterocycles. The number of rotatable bonds is 15. The van der Waals surface area contributed by atoms with E-state index in [0.717, 1.165) is 0 Å². The number of hydrogen-bond acceptors (Lipinski definition) is 7. The minimum atomic E-state index is -0.359. The van der Waals surface area contributed by atoms with E-state index in [-0.39, 0.29) is 37.0 Å². The Kier molecular flexibility index (Phi) is 14.6. The van der Waals surface area contributed by atoms with Crippen LogP contribution in [0.5, 0.6) is 0 Å². The third-order valence-corrected chi connectivity index (χ3v) is 3.45. The molecule has 0 saturated heterocycles. The molecule has 0 aliphatic carbocycles. The highest BCUT2D eigenvalue weighted by molar-refractivity contribution is 5.75. The molecular formula is C17H32O7. The predicted octanol–water partition coefficient (Wildman–Crippen LogP) is 1.82. The van der Waals surface area contributed by atoms with Gasteiger partial charge in [0.15, 0.2) is 0 Å². The summed E-state index contributed by atoms with van der Waals surface area (Å²) in [6.07, 6.45) is 1.02. The SMILES string of the molecule is CCOCCOCCOC(=O)C(CC)CC(C)C(=O)OCCOC. The summed E-state index contributed by atoms with van der Waals surface area (Å²) in [7, 11) is 1.54. The molecule has 0 bridgehead atoms. The maximum Gasteiger partial charge on any atom is 0.309 e. The molecule has 0 spiro atoms. The van der Waals surface area contributed by atoms with Crippen molar-refractivity contribution in [3.8, 4) is 0 Å². The van der Waals surface area contributed by atoms with Gasteiger partial charge in [0.25, 0.3) is 0 Å². The van der Waals surface area contributed by atoms with Gasteiger partial charge in [-0.2, -0.15) is 0 Å². The van der Waals surface area contributed by atoms with Gasteiger partial charge in [-0.15, -0.1) is 0 Å². The monoisotopic (exact) mass is 348 g/mol. The highest BCUT2D eigenvalue weighted by Crippen LogP contribution is 2.18. The minimum absolute atomic E-state index is 0.203. The summed E-state index contributed by atoms with van der Waals surface area (Å²) in [6.45, 7) is 8.36. The Morgan fingerprint density at radius 1 is 0.833 bits per heavy atom. The van der Waals surface area contributed by atoms with Crippen LogP contribution in [0.3, 0.4) is 0 Å². The van der Waals surface area contributed by atoms with Crippen LogP contribution in [0.2, 0.25) is 0 Å². The molecule has 7 heteroatoms. The maximum atomic E-state index is 12.1. The van der Waals surface area contributed by atoms with Crippen molar-refractivity contribution in [2.45, 2.75) is 33.6 Å². The Morgan fingerprint density at radius 3 is 2.04 bits per heavy atom. The molecule has 2 atom stereocenters. The van der Waals surface area contributed by atoms with Crippen LogP contribution in [0.15, 0.2) is 0 Å². The molecule has 0 fully saturated rings. The number of ether oxygens (including phenoxy) is 5. The molecule has 7 nitrogen and oxygen atoms in total. The van der Waals surface area contributed by atoms with E-state index >= 15 is 0 Å². The standard InChI is InChI=1S/C17H32O7/c1-5-15(13-14(3)16(18)23-11-7-20-4)17(19)24-12-10-22-9-8-21-6-2/h14-15H,5-13H2,1-4H3. The summed E-state index contributed by atoms with van der Waals surface area (Å²) in [5.41, 5.74) is 0. The predicted molar refractivity (Wildman–Crippen MR) is 88.7 cm³/mol. The Morgan fingerprint density at radius 2 is 1.42 bits per heavy atom. The fourth-order valence-corrected chi connectivity index (χ4v) is 2.00. The number of esters is 2. The lowest BCUT2D eigenvalue weighted by Crippen LogP contribution is -2.25. The number of methoxy groups -OCH3 is 1. The third-order valence-electron chi connectivity index (χ3n) is 3.45. The van der Waals surface area contributed by atoms with Gasteiger partial charge < -0.3 is 23.7 Å². The molecule has 0 aliphatic rings. The third kappa shape index (κ3) is 11.4. The first-order chi connectivity index (χ1) is 11.6. The average Bonchev–Trinajstić information content (AvgIpc) is 2.58. The lowest BCUT2D eigenvalue weighted by Gasteiger charge is -2.18. The van der Waals surface area contributed by atoms with Crippen molar-refractivity contribution in [2.24, 2.45) is 11.8 Å². The number of carbonyl (C=O) groups excluding carboxylic acids is 2. The summed E-state index contributed by atoms with van der Waals surface area (Å²) in [5, 5.41) is 0.